The van der Waals surface area contributed by atoms with E-state index in [1.165, 1.54) is 0 Å². The van der Waals surface area contributed by atoms with E-state index in [1.807, 2.05) is 42.5 Å². The van der Waals surface area contributed by atoms with E-state index in [4.69, 9.17) is 26.4 Å². The summed E-state index contributed by atoms with van der Waals surface area (Å²) in [4.78, 5) is 0. The average molecular weight is 360 g/mol. The van der Waals surface area contributed by atoms with Crippen LogP contribution in [0.3, 0.4) is 0 Å². The third kappa shape index (κ3) is 5.00. The zero-order valence-corrected chi connectivity index (χ0v) is 15.8. The van der Waals surface area contributed by atoms with E-state index in [0.29, 0.717) is 16.6 Å². The van der Waals surface area contributed by atoms with Crippen molar-refractivity contribution in [1.29, 1.82) is 0 Å². The van der Waals surface area contributed by atoms with Gasteiger partial charge in [0.2, 0.25) is 0 Å². The minimum atomic E-state index is 0.0676. The second kappa shape index (κ2) is 9.13. The molecule has 0 aliphatic rings. The van der Waals surface area contributed by atoms with Crippen LogP contribution in [-0.4, -0.2) is 26.4 Å². The summed E-state index contributed by atoms with van der Waals surface area (Å²) in [5, 5.41) is 7.09. The van der Waals surface area contributed by atoms with Gasteiger partial charge in [0.15, 0.2) is 16.6 Å². The van der Waals surface area contributed by atoms with Gasteiger partial charge in [0, 0.05) is 5.69 Å². The number of hydrogen-bond donors (Lipinski definition) is 2. The van der Waals surface area contributed by atoms with Crippen molar-refractivity contribution in [3.63, 3.8) is 0 Å². The van der Waals surface area contributed by atoms with Crippen LogP contribution in [0.1, 0.15) is 24.9 Å². The lowest BCUT2D eigenvalue weighted by molar-refractivity contribution is 0.354. The highest BCUT2D eigenvalue weighted by atomic mass is 32.1. The van der Waals surface area contributed by atoms with Gasteiger partial charge in [-0.15, -0.1) is 0 Å². The maximum Gasteiger partial charge on any atom is 0.171 e. The molecule has 0 aromatic heterocycles. The Kier molecular flexibility index (Phi) is 6.89. The van der Waals surface area contributed by atoms with Crippen molar-refractivity contribution in [2.45, 2.75) is 19.4 Å². The Hall–Kier alpha value is -2.47. The van der Waals surface area contributed by atoms with Crippen molar-refractivity contribution >= 4 is 23.0 Å². The molecule has 0 saturated carbocycles. The Labute approximate surface area is 154 Å². The smallest absolute Gasteiger partial charge is 0.171 e. The van der Waals surface area contributed by atoms with Gasteiger partial charge in [-0.25, -0.2) is 0 Å². The third-order valence-electron chi connectivity index (χ3n) is 3.87. The van der Waals surface area contributed by atoms with E-state index >= 15 is 0 Å². The molecule has 0 bridgehead atoms. The number of rotatable bonds is 7. The predicted octanol–water partition coefficient (Wildman–Crippen LogP) is 4.15. The molecule has 2 rings (SSSR count). The summed E-state index contributed by atoms with van der Waals surface area (Å²) in [6.45, 7) is 2.10. The standard InChI is InChI=1S/C19H24N2O3S/c1-5-16(13-6-11-17(23-3)18(12-13)24-4)21-19(25)20-14-7-9-15(22-2)10-8-14/h6-12,16H,5H2,1-4H3,(H2,20,21,25)/t16-/m0/s1. The maximum atomic E-state index is 5.44. The van der Waals surface area contributed by atoms with Crippen molar-refractivity contribution in [3.8, 4) is 17.2 Å². The quantitative estimate of drug-likeness (QED) is 0.724. The summed E-state index contributed by atoms with van der Waals surface area (Å²) in [6.07, 6.45) is 0.875. The van der Waals surface area contributed by atoms with Crippen molar-refractivity contribution in [2.75, 3.05) is 26.6 Å². The van der Waals surface area contributed by atoms with Gasteiger partial charge >= 0.3 is 0 Å². The second-order valence-corrected chi connectivity index (χ2v) is 5.81. The molecule has 25 heavy (non-hydrogen) atoms. The molecule has 6 heteroatoms. The van der Waals surface area contributed by atoms with Crippen molar-refractivity contribution in [1.82, 2.24) is 5.32 Å². The normalized spacial score (nSPS) is 11.4. The first-order valence-corrected chi connectivity index (χ1v) is 8.45. The lowest BCUT2D eigenvalue weighted by Gasteiger charge is -2.21. The fourth-order valence-corrected chi connectivity index (χ4v) is 2.75. The minimum absolute atomic E-state index is 0.0676. The molecule has 2 N–H and O–H groups in total. The van der Waals surface area contributed by atoms with Crippen molar-refractivity contribution in [3.05, 3.63) is 48.0 Å². The molecule has 0 aliphatic carbocycles. The number of methoxy groups -OCH3 is 3. The molecular weight excluding hydrogens is 336 g/mol. The largest absolute Gasteiger partial charge is 0.497 e. The number of benzene rings is 2. The van der Waals surface area contributed by atoms with E-state index in [-0.39, 0.29) is 6.04 Å². The van der Waals surface area contributed by atoms with Crippen molar-refractivity contribution in [2.24, 2.45) is 0 Å². The van der Waals surface area contributed by atoms with E-state index in [0.717, 1.165) is 23.4 Å². The van der Waals surface area contributed by atoms with Gasteiger partial charge in [0.1, 0.15) is 5.75 Å². The van der Waals surface area contributed by atoms with Gasteiger partial charge in [-0.3, -0.25) is 0 Å². The van der Waals surface area contributed by atoms with Crippen LogP contribution >= 0.6 is 12.2 Å². The van der Waals surface area contributed by atoms with Crippen molar-refractivity contribution < 1.29 is 14.2 Å². The molecule has 0 radical (unpaired) electrons. The number of thiocarbonyl (C=S) groups is 1. The van der Waals surface area contributed by atoms with Gasteiger partial charge < -0.3 is 24.8 Å². The van der Waals surface area contributed by atoms with Crippen LogP contribution in [0.5, 0.6) is 17.2 Å². The zero-order chi connectivity index (χ0) is 18.2. The van der Waals surface area contributed by atoms with Gasteiger partial charge in [-0.05, 0) is 60.6 Å². The molecule has 0 saturated heterocycles. The molecule has 1 atom stereocenters. The summed E-state index contributed by atoms with van der Waals surface area (Å²) >= 11 is 5.44. The summed E-state index contributed by atoms with van der Waals surface area (Å²) in [7, 11) is 4.90. The number of anilines is 1. The van der Waals surface area contributed by atoms with E-state index < -0.39 is 0 Å². The molecular formula is C19H24N2O3S. The molecule has 2 aromatic carbocycles. The summed E-state index contributed by atoms with van der Waals surface area (Å²) in [6, 6.07) is 13.6. The second-order valence-electron chi connectivity index (χ2n) is 5.40. The molecule has 2 aromatic rings. The Balaban J connectivity index is 2.06. The van der Waals surface area contributed by atoms with E-state index in [1.54, 1.807) is 21.3 Å². The first-order chi connectivity index (χ1) is 12.1. The number of ether oxygens (including phenoxy) is 3. The van der Waals surface area contributed by atoms with Gasteiger partial charge in [-0.1, -0.05) is 13.0 Å². The zero-order valence-electron chi connectivity index (χ0n) is 15.0. The summed E-state index contributed by atoms with van der Waals surface area (Å²) in [5.41, 5.74) is 1.99. The topological polar surface area (TPSA) is 51.8 Å². The Morgan fingerprint density at radius 1 is 0.960 bits per heavy atom. The lowest BCUT2D eigenvalue weighted by Crippen LogP contribution is -2.32. The monoisotopic (exact) mass is 360 g/mol. The van der Waals surface area contributed by atoms with Gasteiger partial charge in [-0.2, -0.15) is 0 Å². The summed E-state index contributed by atoms with van der Waals surface area (Å²) in [5.74, 6) is 2.22. The molecule has 0 heterocycles. The highest BCUT2D eigenvalue weighted by Crippen LogP contribution is 2.30. The molecule has 0 fully saturated rings. The van der Waals surface area contributed by atoms with Crippen LogP contribution in [0.4, 0.5) is 5.69 Å². The van der Waals surface area contributed by atoms with Gasteiger partial charge in [0.05, 0.1) is 27.4 Å². The maximum absolute atomic E-state index is 5.44. The van der Waals surface area contributed by atoms with Crippen LogP contribution in [0.15, 0.2) is 42.5 Å². The number of nitrogens with one attached hydrogen (secondary N) is 2. The third-order valence-corrected chi connectivity index (χ3v) is 4.09. The molecule has 0 aliphatic heterocycles. The first-order valence-electron chi connectivity index (χ1n) is 8.04. The Bertz CT molecular complexity index is 704. The lowest BCUT2D eigenvalue weighted by atomic mass is 10.0. The van der Waals surface area contributed by atoms with E-state index in [9.17, 15) is 0 Å². The fourth-order valence-electron chi connectivity index (χ4n) is 2.49. The molecule has 134 valence electrons. The fraction of sp³-hybridized carbons (Fsp3) is 0.316. The minimum Gasteiger partial charge on any atom is -0.497 e. The predicted molar refractivity (Wildman–Crippen MR) is 105 cm³/mol. The van der Waals surface area contributed by atoms with Gasteiger partial charge in [0.25, 0.3) is 0 Å². The first kappa shape index (κ1) is 18.9. The summed E-state index contributed by atoms with van der Waals surface area (Å²) < 4.78 is 15.8. The molecule has 0 amide bonds. The van der Waals surface area contributed by atoms with Crippen LogP contribution in [0.25, 0.3) is 0 Å². The number of hydrogen-bond acceptors (Lipinski definition) is 4. The molecule has 5 nitrogen and oxygen atoms in total. The Morgan fingerprint density at radius 3 is 2.20 bits per heavy atom. The average Bonchev–Trinajstić information content (AvgIpc) is 2.66. The van der Waals surface area contributed by atoms with Crippen LogP contribution in [0.2, 0.25) is 0 Å². The van der Waals surface area contributed by atoms with Crippen LogP contribution in [-0.2, 0) is 0 Å². The van der Waals surface area contributed by atoms with E-state index in [2.05, 4.69) is 17.6 Å². The Morgan fingerprint density at radius 2 is 1.64 bits per heavy atom. The molecule has 0 spiro atoms. The van der Waals surface area contributed by atoms with Crippen LogP contribution in [0, 0.1) is 0 Å². The SMILES string of the molecule is CC[C@H](NC(=S)Nc1ccc(OC)cc1)c1ccc(OC)c(OC)c1. The molecule has 0 unspecified atom stereocenters. The highest BCUT2D eigenvalue weighted by molar-refractivity contribution is 7.80. The van der Waals surface area contributed by atoms with Crippen LogP contribution < -0.4 is 24.8 Å². The highest BCUT2D eigenvalue weighted by Gasteiger charge is 2.14.